The van der Waals surface area contributed by atoms with E-state index in [9.17, 15) is 13.9 Å². The molecule has 0 radical (unpaired) electrons. The summed E-state index contributed by atoms with van der Waals surface area (Å²) in [6, 6.07) is 2.89. The van der Waals surface area contributed by atoms with Crippen LogP contribution in [-0.4, -0.2) is 39.9 Å². The molecule has 1 N–H and O–H groups in total. The Kier molecular flexibility index (Phi) is 4.65. The molecule has 1 saturated heterocycles. The average Bonchev–Trinajstić information content (AvgIpc) is 3.09. The van der Waals surface area contributed by atoms with Gasteiger partial charge in [-0.3, -0.25) is 4.90 Å². The summed E-state index contributed by atoms with van der Waals surface area (Å²) in [5.74, 6) is -0.253. The first-order valence-electron chi connectivity index (χ1n) is 7.24. The van der Waals surface area contributed by atoms with E-state index < -0.39 is 23.8 Å². The lowest BCUT2D eigenvalue weighted by atomic mass is 10.0. The molecule has 8 heteroatoms. The van der Waals surface area contributed by atoms with E-state index in [2.05, 4.69) is 10.1 Å². The number of nitrogens with zero attached hydrogens (tertiary/aromatic N) is 3. The van der Waals surface area contributed by atoms with Gasteiger partial charge in [-0.1, -0.05) is 5.16 Å². The third kappa shape index (κ3) is 3.54. The van der Waals surface area contributed by atoms with Crippen LogP contribution in [0.15, 0.2) is 22.7 Å². The van der Waals surface area contributed by atoms with Crippen molar-refractivity contribution in [3.05, 3.63) is 47.1 Å². The number of hydrogen-bond donors (Lipinski definition) is 1. The number of aromatic nitrogens is 2. The van der Waals surface area contributed by atoms with Crippen molar-refractivity contribution in [2.24, 2.45) is 0 Å². The molecule has 2 atom stereocenters. The highest BCUT2D eigenvalue weighted by molar-refractivity contribution is 5.24. The number of ether oxygens (including phenoxy) is 1. The van der Waals surface area contributed by atoms with Crippen LogP contribution in [0.1, 0.15) is 29.7 Å². The second-order valence-electron chi connectivity index (χ2n) is 5.54. The van der Waals surface area contributed by atoms with Gasteiger partial charge in [0.2, 0.25) is 0 Å². The largest absolute Gasteiger partial charge is 0.392 e. The third-order valence-corrected chi connectivity index (χ3v) is 3.82. The van der Waals surface area contributed by atoms with Crippen molar-refractivity contribution in [1.82, 2.24) is 15.0 Å². The number of benzene rings is 1. The van der Waals surface area contributed by atoms with E-state index in [1.165, 1.54) is 7.11 Å². The van der Waals surface area contributed by atoms with E-state index in [1.807, 2.05) is 4.90 Å². The van der Waals surface area contributed by atoms with Gasteiger partial charge in [-0.2, -0.15) is 4.98 Å². The number of methoxy groups -OCH3 is 1. The second kappa shape index (κ2) is 6.69. The van der Waals surface area contributed by atoms with Crippen molar-refractivity contribution in [3.8, 4) is 0 Å². The van der Waals surface area contributed by atoms with Crippen molar-refractivity contribution in [1.29, 1.82) is 0 Å². The first-order chi connectivity index (χ1) is 11.1. The Morgan fingerprint density at radius 3 is 3.04 bits per heavy atom. The number of likely N-dealkylation sites (tertiary alicyclic amines) is 1. The molecule has 2 heterocycles. The molecule has 1 aromatic heterocycles. The lowest BCUT2D eigenvalue weighted by Crippen LogP contribution is -2.25. The number of β-amino-alcohol motifs (C(OH)–C–C–N with tert-alkyl or cyclic N) is 1. The summed E-state index contributed by atoms with van der Waals surface area (Å²) < 4.78 is 37.4. The van der Waals surface area contributed by atoms with Crippen LogP contribution in [0.2, 0.25) is 0 Å². The zero-order chi connectivity index (χ0) is 16.4. The van der Waals surface area contributed by atoms with Crippen molar-refractivity contribution in [2.45, 2.75) is 31.7 Å². The highest BCUT2D eigenvalue weighted by Gasteiger charge is 2.34. The Morgan fingerprint density at radius 2 is 2.26 bits per heavy atom. The van der Waals surface area contributed by atoms with Gasteiger partial charge in [0, 0.05) is 25.3 Å². The summed E-state index contributed by atoms with van der Waals surface area (Å²) >= 11 is 0. The Morgan fingerprint density at radius 1 is 1.43 bits per heavy atom. The minimum Gasteiger partial charge on any atom is -0.392 e. The van der Waals surface area contributed by atoms with Gasteiger partial charge >= 0.3 is 0 Å². The molecule has 1 aliphatic heterocycles. The smallest absolute Gasteiger partial charge is 0.252 e. The van der Waals surface area contributed by atoms with Crippen LogP contribution in [0.3, 0.4) is 0 Å². The summed E-state index contributed by atoms with van der Waals surface area (Å²) in [5, 5.41) is 13.8. The fourth-order valence-electron chi connectivity index (χ4n) is 2.87. The number of hydrogen-bond acceptors (Lipinski definition) is 6. The van der Waals surface area contributed by atoms with E-state index >= 15 is 0 Å². The Labute approximate surface area is 131 Å². The quantitative estimate of drug-likeness (QED) is 0.904. The monoisotopic (exact) mass is 325 g/mol. The minimum atomic E-state index is -0.618. The normalized spacial score (nSPS) is 21.9. The SMILES string of the molecule is COCc1nc(CN2C[C@@H](O)C[C@H]2c2cc(F)ccc2F)no1. The van der Waals surface area contributed by atoms with Crippen LogP contribution in [0.5, 0.6) is 0 Å². The molecule has 0 saturated carbocycles. The van der Waals surface area contributed by atoms with Crippen molar-refractivity contribution in [3.63, 3.8) is 0 Å². The summed E-state index contributed by atoms with van der Waals surface area (Å²) in [7, 11) is 1.52. The van der Waals surface area contributed by atoms with E-state index in [0.29, 0.717) is 24.7 Å². The molecule has 124 valence electrons. The Hall–Kier alpha value is -1.90. The molecule has 0 spiro atoms. The Balaban J connectivity index is 1.80. The van der Waals surface area contributed by atoms with Gasteiger partial charge in [0.05, 0.1) is 12.6 Å². The van der Waals surface area contributed by atoms with Gasteiger partial charge in [0.25, 0.3) is 5.89 Å². The molecular weight excluding hydrogens is 308 g/mol. The second-order valence-corrected chi connectivity index (χ2v) is 5.54. The van der Waals surface area contributed by atoms with Crippen LogP contribution in [-0.2, 0) is 17.9 Å². The maximum Gasteiger partial charge on any atom is 0.252 e. The van der Waals surface area contributed by atoms with Gasteiger partial charge in [-0.05, 0) is 24.6 Å². The van der Waals surface area contributed by atoms with E-state index in [4.69, 9.17) is 9.26 Å². The highest BCUT2D eigenvalue weighted by atomic mass is 19.1. The molecule has 3 rings (SSSR count). The van der Waals surface area contributed by atoms with Crippen LogP contribution in [0, 0.1) is 11.6 Å². The molecule has 2 aromatic rings. The number of aliphatic hydroxyl groups is 1. The predicted molar refractivity (Wildman–Crippen MR) is 75.1 cm³/mol. The van der Waals surface area contributed by atoms with Crippen LogP contribution >= 0.6 is 0 Å². The topological polar surface area (TPSA) is 71.6 Å². The zero-order valence-corrected chi connectivity index (χ0v) is 12.6. The van der Waals surface area contributed by atoms with Gasteiger partial charge in [-0.25, -0.2) is 8.78 Å². The minimum absolute atomic E-state index is 0.206. The summed E-state index contributed by atoms with van der Waals surface area (Å²) in [6.07, 6.45) is -0.295. The van der Waals surface area contributed by atoms with Crippen molar-refractivity contribution >= 4 is 0 Å². The maximum absolute atomic E-state index is 14.0. The molecule has 0 amide bonds. The summed E-state index contributed by atoms with van der Waals surface area (Å²) in [6.45, 7) is 0.803. The molecule has 1 aromatic carbocycles. The van der Waals surface area contributed by atoms with Gasteiger partial charge in [0.15, 0.2) is 5.82 Å². The summed E-state index contributed by atoms with van der Waals surface area (Å²) in [4.78, 5) is 5.97. The average molecular weight is 325 g/mol. The lowest BCUT2D eigenvalue weighted by Gasteiger charge is -2.23. The molecule has 0 unspecified atom stereocenters. The van der Waals surface area contributed by atoms with E-state index in [-0.39, 0.29) is 18.7 Å². The molecule has 1 fully saturated rings. The van der Waals surface area contributed by atoms with E-state index in [0.717, 1.165) is 18.2 Å². The zero-order valence-electron chi connectivity index (χ0n) is 12.6. The molecule has 23 heavy (non-hydrogen) atoms. The lowest BCUT2D eigenvalue weighted by molar-refractivity contribution is 0.151. The van der Waals surface area contributed by atoms with Gasteiger partial charge in [0.1, 0.15) is 18.2 Å². The van der Waals surface area contributed by atoms with Gasteiger partial charge < -0.3 is 14.4 Å². The molecule has 0 bridgehead atoms. The molecule has 0 aliphatic carbocycles. The van der Waals surface area contributed by atoms with Crippen molar-refractivity contribution < 1.29 is 23.1 Å². The first kappa shape index (κ1) is 16.0. The highest BCUT2D eigenvalue weighted by Crippen LogP contribution is 2.34. The molecular formula is C15H17F2N3O3. The first-order valence-corrected chi connectivity index (χ1v) is 7.24. The molecule has 1 aliphatic rings. The van der Waals surface area contributed by atoms with E-state index in [1.54, 1.807) is 0 Å². The van der Waals surface area contributed by atoms with Crippen LogP contribution < -0.4 is 0 Å². The number of halogens is 2. The fraction of sp³-hybridized carbons (Fsp3) is 0.467. The van der Waals surface area contributed by atoms with Crippen LogP contribution in [0.4, 0.5) is 8.78 Å². The number of rotatable bonds is 5. The predicted octanol–water partition coefficient (Wildman–Crippen LogP) is 1.80. The molecule has 6 nitrogen and oxygen atoms in total. The third-order valence-electron chi connectivity index (χ3n) is 3.82. The Bertz CT molecular complexity index is 680. The maximum atomic E-state index is 14.0. The standard InChI is InChI=1S/C15H17F2N3O3/c1-22-8-15-18-14(19-23-15)7-20-6-10(21)5-13(20)11-4-9(16)2-3-12(11)17/h2-4,10,13,21H,5-8H2,1H3/t10-,13-/m0/s1. The fourth-order valence-corrected chi connectivity index (χ4v) is 2.87. The van der Waals surface area contributed by atoms with Crippen LogP contribution in [0.25, 0.3) is 0 Å². The van der Waals surface area contributed by atoms with Crippen molar-refractivity contribution in [2.75, 3.05) is 13.7 Å². The summed E-state index contributed by atoms with van der Waals surface area (Å²) in [5.41, 5.74) is 0.224. The van der Waals surface area contributed by atoms with Gasteiger partial charge in [-0.15, -0.1) is 0 Å². The number of aliphatic hydroxyl groups excluding tert-OH is 1.